The third-order valence-electron chi connectivity index (χ3n) is 2.88. The van der Waals surface area contributed by atoms with Gasteiger partial charge in [-0.2, -0.15) is 0 Å². The van der Waals surface area contributed by atoms with Crippen molar-refractivity contribution in [2.24, 2.45) is 11.8 Å². The van der Waals surface area contributed by atoms with E-state index in [-0.39, 0.29) is 47.3 Å². The Bertz CT molecular complexity index is 118. The van der Waals surface area contributed by atoms with Gasteiger partial charge < -0.3 is 17.5 Å². The Morgan fingerprint density at radius 1 is 1.07 bits per heavy atom. The molecule has 0 unspecified atom stereocenters. The smallest absolute Gasteiger partial charge is 1.00 e. The average molecular weight is 231 g/mol. The average Bonchev–Trinajstić information content (AvgIpc) is 1.99. The molecular weight excluding hydrogens is 208 g/mol. The van der Waals surface area contributed by atoms with Gasteiger partial charge in [-0.3, -0.25) is 0 Å². The summed E-state index contributed by atoms with van der Waals surface area (Å²) in [5.41, 5.74) is -0.698. The number of rotatable bonds is 5. The van der Waals surface area contributed by atoms with Gasteiger partial charge in [-0.1, -0.05) is 65.7 Å². The molecule has 0 rings (SSSR count). The van der Waals surface area contributed by atoms with E-state index in [1.165, 1.54) is 0 Å². The topological polar surface area (TPSA) is 23.1 Å². The van der Waals surface area contributed by atoms with Crippen molar-refractivity contribution >= 4 is 23.1 Å². The maximum Gasteiger partial charge on any atom is 2.00 e. The zero-order valence-corrected chi connectivity index (χ0v) is 12.4. The second-order valence-electron chi connectivity index (χ2n) is 4.37. The second-order valence-corrected chi connectivity index (χ2v) is 4.37. The Morgan fingerprint density at radius 2 is 1.43 bits per heavy atom. The summed E-state index contributed by atoms with van der Waals surface area (Å²) in [7, 11) is 0. The molecule has 0 atom stereocenters. The zero-order chi connectivity index (χ0) is 9.78. The van der Waals surface area contributed by atoms with Crippen molar-refractivity contribution in [2.45, 2.75) is 59.5 Å². The van der Waals surface area contributed by atoms with E-state index < -0.39 is 5.60 Å². The van der Waals surface area contributed by atoms with Gasteiger partial charge in [0.15, 0.2) is 0 Å². The largest absolute Gasteiger partial charge is 2.00 e. The van der Waals surface area contributed by atoms with E-state index in [9.17, 15) is 5.11 Å². The molecule has 0 heterocycles. The molecule has 0 saturated heterocycles. The molecule has 0 aromatic carbocycles. The van der Waals surface area contributed by atoms with Gasteiger partial charge in [-0.25, -0.2) is 0 Å². The summed E-state index contributed by atoms with van der Waals surface area (Å²) >= 11 is 0. The molecule has 0 aliphatic carbocycles. The van der Waals surface area contributed by atoms with Crippen molar-refractivity contribution in [1.29, 1.82) is 0 Å². The van der Waals surface area contributed by atoms with Crippen molar-refractivity contribution in [3.05, 3.63) is 0 Å². The Kier molecular flexibility index (Phi) is 13.5. The van der Waals surface area contributed by atoms with Crippen molar-refractivity contribution in [2.75, 3.05) is 0 Å². The Hall–Kier alpha value is 1.02. The summed E-state index contributed by atoms with van der Waals surface area (Å²) in [6.07, 6.45) is 3.03. The fraction of sp³-hybridized carbons (Fsp3) is 1.00. The standard InChI is InChI=1S/C11H23O.ClH.Mg/c1-6-7-8-11(12,9(2)3)10(4)5;;/h9-10H,6-8H2,1-5H3;1H;/q-1;;+2/p-1. The first-order valence-electron chi connectivity index (χ1n) is 5.15. The van der Waals surface area contributed by atoms with Crippen LogP contribution in [0.2, 0.25) is 0 Å². The maximum absolute atomic E-state index is 12.3. The second kappa shape index (κ2) is 9.26. The maximum atomic E-state index is 12.3. The zero-order valence-electron chi connectivity index (χ0n) is 10.3. The van der Waals surface area contributed by atoms with Crippen LogP contribution in [0.15, 0.2) is 0 Å². The van der Waals surface area contributed by atoms with Crippen LogP contribution < -0.4 is 17.5 Å². The molecule has 0 bridgehead atoms. The summed E-state index contributed by atoms with van der Waals surface area (Å²) in [6, 6.07) is 0. The van der Waals surface area contributed by atoms with Gasteiger partial charge in [0.05, 0.1) is 0 Å². The molecule has 0 aliphatic heterocycles. The van der Waals surface area contributed by atoms with Crippen LogP contribution in [0.3, 0.4) is 0 Å². The van der Waals surface area contributed by atoms with Crippen LogP contribution in [0, 0.1) is 11.8 Å². The van der Waals surface area contributed by atoms with E-state index in [1.807, 2.05) is 27.7 Å². The van der Waals surface area contributed by atoms with Crippen LogP contribution in [0.1, 0.15) is 53.9 Å². The molecule has 0 fully saturated rings. The fourth-order valence-corrected chi connectivity index (χ4v) is 1.70. The minimum atomic E-state index is -0.698. The Balaban J connectivity index is -0.000000605. The monoisotopic (exact) mass is 230 g/mol. The predicted octanol–water partition coefficient (Wildman–Crippen LogP) is -0.789. The van der Waals surface area contributed by atoms with Gasteiger partial charge in [0, 0.05) is 0 Å². The molecule has 0 N–H and O–H groups in total. The van der Waals surface area contributed by atoms with E-state index in [0.29, 0.717) is 0 Å². The summed E-state index contributed by atoms with van der Waals surface area (Å²) in [5, 5.41) is 12.3. The minimum absolute atomic E-state index is 0. The third kappa shape index (κ3) is 5.79. The van der Waals surface area contributed by atoms with Gasteiger partial charge in [0.2, 0.25) is 0 Å². The first kappa shape index (κ1) is 20.4. The number of hydrogen-bond acceptors (Lipinski definition) is 1. The van der Waals surface area contributed by atoms with Crippen LogP contribution in [-0.4, -0.2) is 28.7 Å². The molecule has 82 valence electrons. The molecule has 0 amide bonds. The van der Waals surface area contributed by atoms with Gasteiger partial charge in [0.25, 0.3) is 0 Å². The molecule has 3 heteroatoms. The predicted molar refractivity (Wildman–Crippen MR) is 57.7 cm³/mol. The van der Waals surface area contributed by atoms with E-state index in [1.54, 1.807) is 0 Å². The third-order valence-corrected chi connectivity index (χ3v) is 2.88. The summed E-state index contributed by atoms with van der Waals surface area (Å²) in [6.45, 7) is 10.3. The number of hydrogen-bond donors (Lipinski definition) is 0. The molecule has 0 saturated carbocycles. The van der Waals surface area contributed by atoms with Crippen molar-refractivity contribution in [3.63, 3.8) is 0 Å². The van der Waals surface area contributed by atoms with Crippen molar-refractivity contribution in [3.8, 4) is 0 Å². The molecule has 1 nitrogen and oxygen atoms in total. The van der Waals surface area contributed by atoms with Crippen LogP contribution >= 0.6 is 0 Å². The molecule has 0 aromatic rings. The first-order chi connectivity index (χ1) is 5.45. The van der Waals surface area contributed by atoms with Crippen LogP contribution in [0.4, 0.5) is 0 Å². The van der Waals surface area contributed by atoms with Crippen molar-refractivity contribution in [1.82, 2.24) is 0 Å². The quantitative estimate of drug-likeness (QED) is 0.569. The molecule has 14 heavy (non-hydrogen) atoms. The number of halogens is 1. The van der Waals surface area contributed by atoms with Crippen molar-refractivity contribution < 1.29 is 17.5 Å². The number of unbranched alkanes of at least 4 members (excludes halogenated alkanes) is 1. The Labute approximate surface area is 112 Å². The Morgan fingerprint density at radius 3 is 1.64 bits per heavy atom. The minimum Gasteiger partial charge on any atom is -1.00 e. The van der Waals surface area contributed by atoms with E-state index in [0.717, 1.165) is 19.3 Å². The summed E-state index contributed by atoms with van der Waals surface area (Å²) in [4.78, 5) is 0. The molecule has 0 spiro atoms. The fourth-order valence-electron chi connectivity index (χ4n) is 1.70. The van der Waals surface area contributed by atoms with Crippen LogP contribution in [-0.2, 0) is 0 Å². The summed E-state index contributed by atoms with van der Waals surface area (Å²) < 4.78 is 0. The molecule has 0 aliphatic rings. The van der Waals surface area contributed by atoms with E-state index in [4.69, 9.17) is 0 Å². The van der Waals surface area contributed by atoms with E-state index >= 15 is 0 Å². The SMILES string of the molecule is CCCCC([O-])(C(C)C)C(C)C.[Cl-].[Mg+2]. The normalized spacial score (nSPS) is 11.1. The summed E-state index contributed by atoms with van der Waals surface area (Å²) in [5.74, 6) is 0.507. The van der Waals surface area contributed by atoms with Gasteiger partial charge in [-0.15, -0.1) is 5.60 Å². The van der Waals surface area contributed by atoms with Crippen LogP contribution in [0.5, 0.6) is 0 Å². The van der Waals surface area contributed by atoms with Gasteiger partial charge in [0.1, 0.15) is 0 Å². The first-order valence-corrected chi connectivity index (χ1v) is 5.15. The van der Waals surface area contributed by atoms with Gasteiger partial charge >= 0.3 is 23.1 Å². The van der Waals surface area contributed by atoms with Gasteiger partial charge in [-0.05, 0) is 0 Å². The van der Waals surface area contributed by atoms with E-state index in [2.05, 4.69) is 6.92 Å². The molecule has 0 radical (unpaired) electrons. The molecular formula is C11H23ClMgO. The molecule has 0 aromatic heterocycles. The van der Waals surface area contributed by atoms with Crippen LogP contribution in [0.25, 0.3) is 0 Å².